The molecule has 5 nitrogen and oxygen atoms in total. The highest BCUT2D eigenvalue weighted by atomic mass is 79.9. The molecule has 0 amide bonds. The average Bonchev–Trinajstić information content (AvgIpc) is 3.21. The third-order valence-electron chi connectivity index (χ3n) is 4.79. The second-order valence-corrected chi connectivity index (χ2v) is 7.93. The zero-order chi connectivity index (χ0) is 19.8. The van der Waals surface area contributed by atoms with Crippen LogP contribution in [0.4, 0.5) is 0 Å². The minimum Gasteiger partial charge on any atom is -0.497 e. The summed E-state index contributed by atoms with van der Waals surface area (Å²) < 4.78 is 17.7. The predicted octanol–water partition coefficient (Wildman–Crippen LogP) is 3.88. The summed E-state index contributed by atoms with van der Waals surface area (Å²) in [5.41, 5.74) is 1.18. The summed E-state index contributed by atoms with van der Waals surface area (Å²) in [5, 5.41) is 10.6. The number of benzene rings is 2. The Morgan fingerprint density at radius 2 is 2.00 bits per heavy atom. The molecule has 0 radical (unpaired) electrons. The number of nitrogens with zero attached hydrogens (tertiary/aromatic N) is 1. The summed E-state index contributed by atoms with van der Waals surface area (Å²) in [6.45, 7) is 3.15. The molecule has 28 heavy (non-hydrogen) atoms. The van der Waals surface area contributed by atoms with Gasteiger partial charge in [0.2, 0.25) is 0 Å². The molecule has 0 spiro atoms. The lowest BCUT2D eigenvalue weighted by Gasteiger charge is -2.27. The maximum absolute atomic E-state index is 10.6. The van der Waals surface area contributed by atoms with Gasteiger partial charge in [-0.3, -0.25) is 4.90 Å². The Morgan fingerprint density at radius 3 is 2.68 bits per heavy atom. The van der Waals surface area contributed by atoms with Crippen LogP contribution in [0.15, 0.2) is 53.0 Å². The summed E-state index contributed by atoms with van der Waals surface area (Å²) in [4.78, 5) is 2.24. The van der Waals surface area contributed by atoms with Gasteiger partial charge < -0.3 is 19.3 Å². The first-order valence-electron chi connectivity index (χ1n) is 9.66. The van der Waals surface area contributed by atoms with E-state index in [1.54, 1.807) is 7.11 Å². The van der Waals surface area contributed by atoms with Crippen LogP contribution in [0.2, 0.25) is 0 Å². The normalized spacial score (nSPS) is 17.6. The van der Waals surface area contributed by atoms with Crippen LogP contribution < -0.4 is 9.47 Å². The van der Waals surface area contributed by atoms with Gasteiger partial charge in [0.15, 0.2) is 0 Å². The first kappa shape index (κ1) is 21.1. The topological polar surface area (TPSA) is 51.2 Å². The highest BCUT2D eigenvalue weighted by Crippen LogP contribution is 2.24. The second kappa shape index (κ2) is 10.8. The largest absolute Gasteiger partial charge is 0.497 e. The zero-order valence-electron chi connectivity index (χ0n) is 16.2. The standard InChI is InChI=1S/C22H28BrNO4/c1-26-19-10-8-17(9-11-19)13-24(15-20-5-4-12-27-20)14-18(25)16-28-22-7-3-2-6-21(22)23/h2-3,6-11,18,20,25H,4-5,12-16H2,1H3. The molecule has 1 fully saturated rings. The third-order valence-corrected chi connectivity index (χ3v) is 5.44. The molecule has 2 aromatic carbocycles. The number of hydrogen-bond acceptors (Lipinski definition) is 5. The summed E-state index contributed by atoms with van der Waals surface area (Å²) in [6.07, 6.45) is 1.82. The molecule has 0 bridgehead atoms. The van der Waals surface area contributed by atoms with Crippen molar-refractivity contribution in [2.45, 2.75) is 31.6 Å². The Labute approximate surface area is 175 Å². The SMILES string of the molecule is COc1ccc(CN(CC(O)COc2ccccc2Br)CC2CCCO2)cc1. The van der Waals surface area contributed by atoms with Gasteiger partial charge in [0.1, 0.15) is 24.2 Å². The molecule has 1 aliphatic heterocycles. The number of para-hydroxylation sites is 1. The van der Waals surface area contributed by atoms with Gasteiger partial charge in [-0.05, 0) is 58.6 Å². The average molecular weight is 450 g/mol. The van der Waals surface area contributed by atoms with E-state index in [0.717, 1.165) is 48.5 Å². The number of ether oxygens (including phenoxy) is 3. The van der Waals surface area contributed by atoms with E-state index in [4.69, 9.17) is 14.2 Å². The van der Waals surface area contributed by atoms with E-state index in [1.165, 1.54) is 5.56 Å². The van der Waals surface area contributed by atoms with Gasteiger partial charge >= 0.3 is 0 Å². The van der Waals surface area contributed by atoms with Crippen molar-refractivity contribution in [1.82, 2.24) is 4.90 Å². The quantitative estimate of drug-likeness (QED) is 0.596. The molecule has 0 aliphatic carbocycles. The van der Waals surface area contributed by atoms with E-state index in [0.29, 0.717) is 6.54 Å². The number of methoxy groups -OCH3 is 1. The van der Waals surface area contributed by atoms with Crippen molar-refractivity contribution >= 4 is 15.9 Å². The highest BCUT2D eigenvalue weighted by molar-refractivity contribution is 9.10. The number of hydrogen-bond donors (Lipinski definition) is 1. The van der Waals surface area contributed by atoms with E-state index >= 15 is 0 Å². The van der Waals surface area contributed by atoms with Gasteiger partial charge in [-0.1, -0.05) is 24.3 Å². The van der Waals surface area contributed by atoms with Crippen LogP contribution in [0.1, 0.15) is 18.4 Å². The Bertz CT molecular complexity index is 719. The zero-order valence-corrected chi connectivity index (χ0v) is 17.8. The molecule has 2 atom stereocenters. The fourth-order valence-electron chi connectivity index (χ4n) is 3.37. The molecule has 6 heteroatoms. The minimum absolute atomic E-state index is 0.231. The fraction of sp³-hybridized carbons (Fsp3) is 0.455. The van der Waals surface area contributed by atoms with Crippen molar-refractivity contribution in [2.24, 2.45) is 0 Å². The number of aliphatic hydroxyl groups excluding tert-OH is 1. The van der Waals surface area contributed by atoms with E-state index in [2.05, 4.69) is 33.0 Å². The molecule has 1 saturated heterocycles. The molecule has 1 aliphatic rings. The Balaban J connectivity index is 1.57. The van der Waals surface area contributed by atoms with E-state index in [1.807, 2.05) is 36.4 Å². The molecule has 3 rings (SSSR count). The van der Waals surface area contributed by atoms with Crippen molar-refractivity contribution in [3.63, 3.8) is 0 Å². The molecular formula is C22H28BrNO4. The Hall–Kier alpha value is -1.60. The van der Waals surface area contributed by atoms with Crippen LogP contribution in [0.25, 0.3) is 0 Å². The molecule has 0 aromatic heterocycles. The molecule has 2 aromatic rings. The number of rotatable bonds is 10. The third kappa shape index (κ3) is 6.48. The first-order valence-corrected chi connectivity index (χ1v) is 10.5. The fourth-order valence-corrected chi connectivity index (χ4v) is 3.77. The smallest absolute Gasteiger partial charge is 0.133 e. The van der Waals surface area contributed by atoms with E-state index < -0.39 is 6.10 Å². The lowest BCUT2D eigenvalue weighted by atomic mass is 10.1. The van der Waals surface area contributed by atoms with Crippen LogP contribution in [-0.2, 0) is 11.3 Å². The van der Waals surface area contributed by atoms with Gasteiger partial charge in [0, 0.05) is 26.2 Å². The lowest BCUT2D eigenvalue weighted by Crippen LogP contribution is -2.39. The van der Waals surface area contributed by atoms with Crippen LogP contribution in [-0.4, -0.2) is 55.6 Å². The van der Waals surface area contributed by atoms with Crippen molar-refractivity contribution in [3.8, 4) is 11.5 Å². The van der Waals surface area contributed by atoms with Gasteiger partial charge in [-0.15, -0.1) is 0 Å². The van der Waals surface area contributed by atoms with Crippen molar-refractivity contribution < 1.29 is 19.3 Å². The lowest BCUT2D eigenvalue weighted by molar-refractivity contribution is 0.0312. The first-order chi connectivity index (χ1) is 13.6. The van der Waals surface area contributed by atoms with Crippen LogP contribution in [0.5, 0.6) is 11.5 Å². The molecule has 0 saturated carbocycles. The molecule has 1 heterocycles. The predicted molar refractivity (Wildman–Crippen MR) is 113 cm³/mol. The summed E-state index contributed by atoms with van der Waals surface area (Å²) in [7, 11) is 1.67. The summed E-state index contributed by atoms with van der Waals surface area (Å²) >= 11 is 3.47. The van der Waals surface area contributed by atoms with Crippen LogP contribution >= 0.6 is 15.9 Å². The van der Waals surface area contributed by atoms with E-state index in [-0.39, 0.29) is 12.7 Å². The van der Waals surface area contributed by atoms with Gasteiger partial charge in [-0.2, -0.15) is 0 Å². The summed E-state index contributed by atoms with van der Waals surface area (Å²) in [5.74, 6) is 1.58. The van der Waals surface area contributed by atoms with Crippen molar-refractivity contribution in [3.05, 3.63) is 58.6 Å². The molecule has 1 N–H and O–H groups in total. The van der Waals surface area contributed by atoms with Gasteiger partial charge in [0.05, 0.1) is 17.7 Å². The second-order valence-electron chi connectivity index (χ2n) is 7.07. The number of aliphatic hydroxyl groups is 1. The number of halogens is 1. The van der Waals surface area contributed by atoms with Gasteiger partial charge in [0.25, 0.3) is 0 Å². The molecule has 152 valence electrons. The Kier molecular flexibility index (Phi) is 8.15. The maximum Gasteiger partial charge on any atom is 0.133 e. The molecular weight excluding hydrogens is 422 g/mol. The highest BCUT2D eigenvalue weighted by Gasteiger charge is 2.21. The maximum atomic E-state index is 10.6. The molecule has 2 unspecified atom stereocenters. The van der Waals surface area contributed by atoms with Crippen molar-refractivity contribution in [2.75, 3.05) is 33.4 Å². The van der Waals surface area contributed by atoms with Crippen LogP contribution in [0.3, 0.4) is 0 Å². The van der Waals surface area contributed by atoms with Gasteiger partial charge in [-0.25, -0.2) is 0 Å². The van der Waals surface area contributed by atoms with Crippen molar-refractivity contribution in [1.29, 1.82) is 0 Å². The summed E-state index contributed by atoms with van der Waals surface area (Å²) in [6, 6.07) is 15.7. The van der Waals surface area contributed by atoms with Crippen LogP contribution in [0, 0.1) is 0 Å². The van der Waals surface area contributed by atoms with E-state index in [9.17, 15) is 5.11 Å². The Morgan fingerprint density at radius 1 is 1.21 bits per heavy atom. The minimum atomic E-state index is -0.591. The monoisotopic (exact) mass is 449 g/mol.